The summed E-state index contributed by atoms with van der Waals surface area (Å²) in [5.74, 6) is -0.827. The maximum absolute atomic E-state index is 13.3. The van der Waals surface area contributed by atoms with E-state index < -0.39 is 17.7 Å². The Labute approximate surface area is 205 Å². The fourth-order valence-corrected chi connectivity index (χ4v) is 4.77. The minimum Gasteiger partial charge on any atom is -0.505 e. The van der Waals surface area contributed by atoms with Gasteiger partial charge in [-0.2, -0.15) is 0 Å². The lowest BCUT2D eigenvalue weighted by molar-refractivity contribution is -0.140. The fraction of sp³-hybridized carbons (Fsp3) is 0.370. The molecule has 1 aliphatic heterocycles. The van der Waals surface area contributed by atoms with Gasteiger partial charge in [-0.15, -0.1) is 0 Å². The van der Waals surface area contributed by atoms with E-state index in [4.69, 9.17) is 4.74 Å². The highest BCUT2D eigenvalue weighted by Crippen LogP contribution is 2.40. The molecule has 0 unspecified atom stereocenters. The molecule has 0 saturated carbocycles. The van der Waals surface area contributed by atoms with Crippen molar-refractivity contribution in [2.75, 3.05) is 33.3 Å². The van der Waals surface area contributed by atoms with Crippen molar-refractivity contribution in [1.29, 1.82) is 0 Å². The van der Waals surface area contributed by atoms with Crippen LogP contribution in [0.25, 0.3) is 11.4 Å². The van der Waals surface area contributed by atoms with Crippen LogP contribution in [-0.4, -0.2) is 69.3 Å². The van der Waals surface area contributed by atoms with Crippen LogP contribution in [0, 0.1) is 6.92 Å². The van der Waals surface area contributed by atoms with Crippen molar-refractivity contribution in [3.05, 3.63) is 71.2 Å². The smallest absolute Gasteiger partial charge is 0.295 e. The van der Waals surface area contributed by atoms with Gasteiger partial charge in [0.05, 0.1) is 24.4 Å². The lowest BCUT2D eigenvalue weighted by atomic mass is 9.96. The average molecular weight is 477 g/mol. The molecule has 0 radical (unpaired) electrons. The Hall–Kier alpha value is -3.65. The molecular formula is C27H32N4O4. The van der Waals surface area contributed by atoms with Crippen LogP contribution in [0.3, 0.4) is 0 Å². The third-order valence-corrected chi connectivity index (χ3v) is 6.67. The molecule has 1 fully saturated rings. The van der Waals surface area contributed by atoms with Crippen molar-refractivity contribution >= 4 is 23.1 Å². The summed E-state index contributed by atoms with van der Waals surface area (Å²) in [6.07, 6.45) is 2.50. The van der Waals surface area contributed by atoms with Gasteiger partial charge in [0.1, 0.15) is 17.1 Å². The topological polar surface area (TPSA) is 87.4 Å². The monoisotopic (exact) mass is 476 g/mol. The molecule has 1 atom stereocenters. The number of ketones is 1. The van der Waals surface area contributed by atoms with E-state index in [1.54, 1.807) is 41.7 Å². The zero-order chi connectivity index (χ0) is 25.1. The maximum Gasteiger partial charge on any atom is 0.295 e. The molecule has 184 valence electrons. The van der Waals surface area contributed by atoms with Gasteiger partial charge in [0.2, 0.25) is 0 Å². The minimum absolute atomic E-state index is 0.0803. The van der Waals surface area contributed by atoms with Crippen molar-refractivity contribution in [3.63, 3.8) is 0 Å². The van der Waals surface area contributed by atoms with E-state index in [1.165, 1.54) is 0 Å². The molecule has 1 aromatic carbocycles. The van der Waals surface area contributed by atoms with E-state index >= 15 is 0 Å². The van der Waals surface area contributed by atoms with Crippen molar-refractivity contribution in [1.82, 2.24) is 19.2 Å². The van der Waals surface area contributed by atoms with Crippen LogP contribution in [0.15, 0.2) is 54.2 Å². The van der Waals surface area contributed by atoms with Crippen LogP contribution < -0.4 is 4.74 Å². The number of aliphatic hydroxyl groups is 1. The van der Waals surface area contributed by atoms with Crippen molar-refractivity contribution in [2.24, 2.45) is 0 Å². The molecule has 3 aromatic rings. The molecule has 0 bridgehead atoms. The summed E-state index contributed by atoms with van der Waals surface area (Å²) in [6, 6.07) is 12.1. The Morgan fingerprint density at radius 1 is 1.11 bits per heavy atom. The normalized spacial score (nSPS) is 17.6. The average Bonchev–Trinajstić information content (AvgIpc) is 3.34. The zero-order valence-corrected chi connectivity index (χ0v) is 20.7. The molecule has 1 amide bonds. The van der Waals surface area contributed by atoms with E-state index in [2.05, 4.69) is 23.7 Å². The van der Waals surface area contributed by atoms with E-state index in [1.807, 2.05) is 30.3 Å². The van der Waals surface area contributed by atoms with Crippen LogP contribution in [0.5, 0.6) is 5.75 Å². The van der Waals surface area contributed by atoms with E-state index in [-0.39, 0.29) is 11.3 Å². The van der Waals surface area contributed by atoms with Crippen LogP contribution in [0.1, 0.15) is 43.3 Å². The molecule has 35 heavy (non-hydrogen) atoms. The second kappa shape index (κ2) is 10.3. The predicted octanol–water partition coefficient (Wildman–Crippen LogP) is 3.80. The molecule has 1 N–H and O–H groups in total. The quantitative estimate of drug-likeness (QED) is 0.287. The first-order valence-corrected chi connectivity index (χ1v) is 12.0. The number of ether oxygens (including phenoxy) is 1. The summed E-state index contributed by atoms with van der Waals surface area (Å²) < 4.78 is 7.03. The van der Waals surface area contributed by atoms with Gasteiger partial charge in [-0.3, -0.25) is 14.0 Å². The van der Waals surface area contributed by atoms with Gasteiger partial charge in [-0.05, 0) is 62.8 Å². The van der Waals surface area contributed by atoms with E-state index in [0.29, 0.717) is 29.3 Å². The number of aliphatic hydroxyl groups excluding tert-OH is 1. The molecule has 0 spiro atoms. The number of Topliss-reactive ketones (excluding diaryl/α,β-unsaturated/α-hetero) is 1. The fourth-order valence-electron chi connectivity index (χ4n) is 4.77. The number of imidazole rings is 1. The van der Waals surface area contributed by atoms with E-state index in [9.17, 15) is 14.7 Å². The first-order chi connectivity index (χ1) is 16.9. The van der Waals surface area contributed by atoms with Crippen molar-refractivity contribution in [2.45, 2.75) is 33.2 Å². The Morgan fingerprint density at radius 2 is 1.83 bits per heavy atom. The summed E-state index contributed by atoms with van der Waals surface area (Å²) in [4.78, 5) is 34.9. The summed E-state index contributed by atoms with van der Waals surface area (Å²) in [6.45, 7) is 9.05. The molecular weight excluding hydrogens is 444 g/mol. The maximum atomic E-state index is 13.3. The highest BCUT2D eigenvalue weighted by Gasteiger charge is 2.46. The van der Waals surface area contributed by atoms with Gasteiger partial charge in [-0.25, -0.2) is 4.98 Å². The number of fused-ring (bicyclic) bond motifs is 1. The number of rotatable bonds is 9. The van der Waals surface area contributed by atoms with Gasteiger partial charge in [0, 0.05) is 12.7 Å². The number of amides is 1. The van der Waals surface area contributed by atoms with Gasteiger partial charge < -0.3 is 19.6 Å². The largest absolute Gasteiger partial charge is 0.505 e. The number of pyridine rings is 1. The van der Waals surface area contributed by atoms with Crippen LogP contribution >= 0.6 is 0 Å². The number of likely N-dealkylation sites (tertiary alicyclic amines) is 1. The minimum atomic E-state index is -0.703. The number of nitrogens with zero attached hydrogens (tertiary/aromatic N) is 4. The molecule has 1 saturated heterocycles. The van der Waals surface area contributed by atoms with Gasteiger partial charge in [0.25, 0.3) is 11.7 Å². The first-order valence-electron chi connectivity index (χ1n) is 12.0. The Bertz CT molecular complexity index is 1260. The number of aromatic nitrogens is 2. The molecule has 4 rings (SSSR count). The van der Waals surface area contributed by atoms with Crippen molar-refractivity contribution < 1.29 is 19.4 Å². The number of hydrogen-bond donors (Lipinski definition) is 1. The lowest BCUT2D eigenvalue weighted by Crippen LogP contribution is -2.33. The highest BCUT2D eigenvalue weighted by molar-refractivity contribution is 6.46. The van der Waals surface area contributed by atoms with Crippen molar-refractivity contribution in [3.8, 4) is 5.75 Å². The van der Waals surface area contributed by atoms with Crippen LogP contribution in [0.4, 0.5) is 0 Å². The SMILES string of the molecule is CCN(CC)CCCN1C(=O)C(=O)/C(=C(/O)c2c(C)nc3ccccn23)[C@@H]1c1ccc(OC)cc1. The number of aryl methyl sites for hydroxylation is 1. The second-order valence-corrected chi connectivity index (χ2v) is 8.62. The number of methoxy groups -OCH3 is 1. The molecule has 1 aliphatic rings. The molecule has 2 aromatic heterocycles. The van der Waals surface area contributed by atoms with Gasteiger partial charge >= 0.3 is 0 Å². The van der Waals surface area contributed by atoms with Gasteiger partial charge in [-0.1, -0.05) is 32.0 Å². The summed E-state index contributed by atoms with van der Waals surface area (Å²) in [7, 11) is 1.59. The predicted molar refractivity (Wildman–Crippen MR) is 134 cm³/mol. The third kappa shape index (κ3) is 4.53. The third-order valence-electron chi connectivity index (χ3n) is 6.67. The number of carbonyl (C=O) groups excluding carboxylic acids is 2. The Morgan fingerprint density at radius 3 is 2.49 bits per heavy atom. The number of carbonyl (C=O) groups is 2. The second-order valence-electron chi connectivity index (χ2n) is 8.62. The molecule has 0 aliphatic carbocycles. The Kier molecular flexibility index (Phi) is 7.21. The van der Waals surface area contributed by atoms with Gasteiger partial charge in [0.15, 0.2) is 5.76 Å². The molecule has 3 heterocycles. The molecule has 8 nitrogen and oxygen atoms in total. The van der Waals surface area contributed by atoms with Crippen LogP contribution in [0.2, 0.25) is 0 Å². The lowest BCUT2D eigenvalue weighted by Gasteiger charge is -2.27. The van der Waals surface area contributed by atoms with E-state index in [0.717, 1.165) is 31.6 Å². The zero-order valence-electron chi connectivity index (χ0n) is 20.7. The standard InChI is InChI=1S/C27H32N4O4/c1-5-29(6-2)15-9-17-31-24(19-11-13-20(35-4)14-12-19)22(26(33)27(31)34)25(32)23-18(3)28-21-10-7-8-16-30(21)23/h7-8,10-14,16,24,32H,5-6,9,15,17H2,1-4H3/b25-22+/t24-/m0/s1. The Balaban J connectivity index is 1.81. The van der Waals surface area contributed by atoms with Crippen LogP contribution in [-0.2, 0) is 9.59 Å². The number of hydrogen-bond acceptors (Lipinski definition) is 6. The first kappa shape index (κ1) is 24.5. The summed E-state index contributed by atoms with van der Waals surface area (Å²) in [5, 5.41) is 11.5. The summed E-state index contributed by atoms with van der Waals surface area (Å²) >= 11 is 0. The summed E-state index contributed by atoms with van der Waals surface area (Å²) in [5.41, 5.74) is 2.47. The number of benzene rings is 1. The highest BCUT2D eigenvalue weighted by atomic mass is 16.5. The molecule has 8 heteroatoms.